The van der Waals surface area contributed by atoms with E-state index in [-0.39, 0.29) is 29.7 Å². The van der Waals surface area contributed by atoms with Crippen LogP contribution in [-0.4, -0.2) is 29.3 Å². The average Bonchev–Trinajstić information content (AvgIpc) is 2.92. The summed E-state index contributed by atoms with van der Waals surface area (Å²) >= 11 is 0. The van der Waals surface area contributed by atoms with Crippen molar-refractivity contribution in [3.05, 3.63) is 35.1 Å². The molecule has 0 aromatic heterocycles. The third-order valence-electron chi connectivity index (χ3n) is 4.74. The number of benzene rings is 1. The predicted octanol–water partition coefficient (Wildman–Crippen LogP) is 2.33. The summed E-state index contributed by atoms with van der Waals surface area (Å²) in [4.78, 5) is 25.9. The van der Waals surface area contributed by atoms with E-state index in [0.717, 1.165) is 24.8 Å². The summed E-state index contributed by atoms with van der Waals surface area (Å²) < 4.78 is 13.8. The zero-order valence-electron chi connectivity index (χ0n) is 12.8. The maximum Gasteiger partial charge on any atom is 0.243 e. The van der Waals surface area contributed by atoms with Gasteiger partial charge in [0.15, 0.2) is 0 Å². The van der Waals surface area contributed by atoms with Gasteiger partial charge in [-0.15, -0.1) is 0 Å². The number of halogens is 1. The first-order valence-corrected chi connectivity index (χ1v) is 7.93. The zero-order valence-corrected chi connectivity index (χ0v) is 12.8. The number of amides is 2. The van der Waals surface area contributed by atoms with E-state index in [2.05, 4.69) is 5.32 Å². The van der Waals surface area contributed by atoms with Gasteiger partial charge in [-0.3, -0.25) is 9.59 Å². The summed E-state index contributed by atoms with van der Waals surface area (Å²) in [5, 5.41) is 3.02. The number of hydrogen-bond donors (Lipinski definition) is 1. The Morgan fingerprint density at radius 2 is 2.09 bits per heavy atom. The minimum atomic E-state index is -0.385. The molecule has 1 heterocycles. The maximum atomic E-state index is 13.8. The fourth-order valence-corrected chi connectivity index (χ4v) is 3.61. The standard InChI is InChI=1S/C17H21FN2O2/c1-11(21)20-10-3-2-7-16(20)17(22)19-15-9-8-12-13(15)5-4-6-14(12)18/h4-6,15-16H,2-3,7-10H2,1H3,(H,19,22). The molecule has 0 spiro atoms. The largest absolute Gasteiger partial charge is 0.347 e. The minimum Gasteiger partial charge on any atom is -0.347 e. The molecule has 2 aliphatic rings. The fraction of sp³-hybridized carbons (Fsp3) is 0.529. The fourth-order valence-electron chi connectivity index (χ4n) is 3.61. The Morgan fingerprint density at radius 1 is 1.27 bits per heavy atom. The lowest BCUT2D eigenvalue weighted by atomic mass is 10.0. The van der Waals surface area contributed by atoms with Crippen molar-refractivity contribution in [2.24, 2.45) is 0 Å². The molecule has 1 aromatic carbocycles. The number of fused-ring (bicyclic) bond motifs is 1. The number of nitrogens with one attached hydrogen (secondary N) is 1. The van der Waals surface area contributed by atoms with Gasteiger partial charge < -0.3 is 10.2 Å². The molecule has 2 atom stereocenters. The highest BCUT2D eigenvalue weighted by Gasteiger charge is 2.33. The van der Waals surface area contributed by atoms with Crippen LogP contribution in [0.5, 0.6) is 0 Å². The van der Waals surface area contributed by atoms with Crippen molar-refractivity contribution in [2.75, 3.05) is 6.54 Å². The number of likely N-dealkylation sites (tertiary alicyclic amines) is 1. The van der Waals surface area contributed by atoms with Gasteiger partial charge in [-0.2, -0.15) is 0 Å². The highest BCUT2D eigenvalue weighted by atomic mass is 19.1. The molecule has 1 aromatic rings. The first-order chi connectivity index (χ1) is 10.6. The number of piperidine rings is 1. The van der Waals surface area contributed by atoms with E-state index in [4.69, 9.17) is 0 Å². The van der Waals surface area contributed by atoms with Crippen molar-refractivity contribution in [3.63, 3.8) is 0 Å². The van der Waals surface area contributed by atoms with E-state index in [1.165, 1.54) is 13.0 Å². The summed E-state index contributed by atoms with van der Waals surface area (Å²) in [5.74, 6) is -0.369. The molecular formula is C17H21FN2O2. The van der Waals surface area contributed by atoms with Crippen molar-refractivity contribution in [1.82, 2.24) is 10.2 Å². The van der Waals surface area contributed by atoms with Crippen LogP contribution in [0.3, 0.4) is 0 Å². The molecule has 1 N–H and O–H groups in total. The van der Waals surface area contributed by atoms with E-state index >= 15 is 0 Å². The lowest BCUT2D eigenvalue weighted by Gasteiger charge is -2.34. The Bertz CT molecular complexity index is 602. The third kappa shape index (κ3) is 2.72. The third-order valence-corrected chi connectivity index (χ3v) is 4.74. The zero-order chi connectivity index (χ0) is 15.7. The van der Waals surface area contributed by atoms with Gasteiger partial charge in [-0.1, -0.05) is 12.1 Å². The van der Waals surface area contributed by atoms with E-state index in [9.17, 15) is 14.0 Å². The quantitative estimate of drug-likeness (QED) is 0.911. The summed E-state index contributed by atoms with van der Waals surface area (Å²) in [7, 11) is 0. The molecule has 118 valence electrons. The van der Waals surface area contributed by atoms with E-state index in [1.807, 2.05) is 6.07 Å². The van der Waals surface area contributed by atoms with Gasteiger partial charge in [0.2, 0.25) is 11.8 Å². The van der Waals surface area contributed by atoms with Gasteiger partial charge >= 0.3 is 0 Å². The molecule has 1 fully saturated rings. The Morgan fingerprint density at radius 3 is 2.86 bits per heavy atom. The van der Waals surface area contributed by atoms with Gasteiger partial charge in [0.25, 0.3) is 0 Å². The highest BCUT2D eigenvalue weighted by molar-refractivity contribution is 5.87. The van der Waals surface area contributed by atoms with E-state index in [1.54, 1.807) is 11.0 Å². The van der Waals surface area contributed by atoms with Crippen LogP contribution in [0.2, 0.25) is 0 Å². The molecule has 4 nitrogen and oxygen atoms in total. The Labute approximate surface area is 129 Å². The molecule has 3 rings (SSSR count). The summed E-state index contributed by atoms with van der Waals surface area (Å²) in [6.07, 6.45) is 3.97. The molecular weight excluding hydrogens is 283 g/mol. The molecule has 0 saturated carbocycles. The maximum absolute atomic E-state index is 13.8. The molecule has 22 heavy (non-hydrogen) atoms. The number of hydrogen-bond acceptors (Lipinski definition) is 2. The van der Waals surface area contributed by atoms with Crippen LogP contribution in [0.25, 0.3) is 0 Å². The monoisotopic (exact) mass is 304 g/mol. The van der Waals surface area contributed by atoms with Crippen molar-refractivity contribution in [3.8, 4) is 0 Å². The van der Waals surface area contributed by atoms with Crippen molar-refractivity contribution < 1.29 is 14.0 Å². The number of rotatable bonds is 2. The van der Waals surface area contributed by atoms with Crippen molar-refractivity contribution in [1.29, 1.82) is 0 Å². The Balaban J connectivity index is 1.73. The number of carbonyl (C=O) groups excluding carboxylic acids is 2. The Kier molecular flexibility index (Phi) is 4.14. The topological polar surface area (TPSA) is 49.4 Å². The predicted molar refractivity (Wildman–Crippen MR) is 80.6 cm³/mol. The van der Waals surface area contributed by atoms with E-state index < -0.39 is 0 Å². The summed E-state index contributed by atoms with van der Waals surface area (Å²) in [6, 6.07) is 4.49. The van der Waals surface area contributed by atoms with Crippen LogP contribution in [0.4, 0.5) is 4.39 Å². The highest BCUT2D eigenvalue weighted by Crippen LogP contribution is 2.33. The van der Waals surface area contributed by atoms with E-state index in [0.29, 0.717) is 24.9 Å². The second kappa shape index (κ2) is 6.07. The molecule has 0 bridgehead atoms. The molecule has 0 radical (unpaired) electrons. The first-order valence-electron chi connectivity index (χ1n) is 7.93. The second-order valence-electron chi connectivity index (χ2n) is 6.13. The lowest BCUT2D eigenvalue weighted by Crippen LogP contribution is -2.51. The molecule has 2 amide bonds. The summed E-state index contributed by atoms with van der Waals surface area (Å²) in [6.45, 7) is 2.15. The SMILES string of the molecule is CC(=O)N1CCCCC1C(=O)NC1CCc2c(F)cccc21. The molecule has 5 heteroatoms. The van der Waals surface area contributed by atoms with Gasteiger partial charge in [-0.05, 0) is 49.3 Å². The van der Waals surface area contributed by atoms with Crippen molar-refractivity contribution in [2.45, 2.75) is 51.1 Å². The van der Waals surface area contributed by atoms with Crippen LogP contribution in [-0.2, 0) is 16.0 Å². The van der Waals surface area contributed by atoms with Crippen LogP contribution < -0.4 is 5.32 Å². The average molecular weight is 304 g/mol. The molecule has 1 aliphatic heterocycles. The molecule has 1 aliphatic carbocycles. The van der Waals surface area contributed by atoms with Crippen LogP contribution in [0, 0.1) is 5.82 Å². The minimum absolute atomic E-state index is 0.0577. The van der Waals surface area contributed by atoms with Gasteiger partial charge in [0, 0.05) is 13.5 Å². The normalized spacial score (nSPS) is 24.0. The summed E-state index contributed by atoms with van der Waals surface area (Å²) in [5.41, 5.74) is 1.58. The van der Waals surface area contributed by atoms with Gasteiger partial charge in [-0.25, -0.2) is 4.39 Å². The molecule has 1 saturated heterocycles. The Hall–Kier alpha value is -1.91. The van der Waals surface area contributed by atoms with Gasteiger partial charge in [0.05, 0.1) is 6.04 Å². The van der Waals surface area contributed by atoms with Crippen LogP contribution in [0.15, 0.2) is 18.2 Å². The second-order valence-corrected chi connectivity index (χ2v) is 6.13. The smallest absolute Gasteiger partial charge is 0.243 e. The number of nitrogens with zero attached hydrogens (tertiary/aromatic N) is 1. The van der Waals surface area contributed by atoms with Crippen LogP contribution >= 0.6 is 0 Å². The first kappa shape index (κ1) is 15.0. The lowest BCUT2D eigenvalue weighted by molar-refractivity contribution is -0.141. The van der Waals surface area contributed by atoms with Crippen molar-refractivity contribution >= 4 is 11.8 Å². The van der Waals surface area contributed by atoms with Crippen LogP contribution in [0.1, 0.15) is 49.8 Å². The number of carbonyl (C=O) groups is 2. The van der Waals surface area contributed by atoms with Gasteiger partial charge in [0.1, 0.15) is 11.9 Å². The molecule has 2 unspecified atom stereocenters.